The van der Waals surface area contributed by atoms with Crippen LogP contribution in [-0.4, -0.2) is 46.5 Å². The zero-order valence-electron chi connectivity index (χ0n) is 19.4. The molecule has 0 radical (unpaired) electrons. The number of para-hydroxylation sites is 2. The molecule has 0 spiro atoms. The summed E-state index contributed by atoms with van der Waals surface area (Å²) in [5.74, 6) is 0.0463. The normalized spacial score (nSPS) is 11.4. The molecule has 0 saturated carbocycles. The highest BCUT2D eigenvalue weighted by molar-refractivity contribution is 5.94. The van der Waals surface area contributed by atoms with Crippen LogP contribution in [0, 0.1) is 0 Å². The van der Waals surface area contributed by atoms with Crippen LogP contribution in [0.3, 0.4) is 0 Å². The predicted molar refractivity (Wildman–Crippen MR) is 135 cm³/mol. The topological polar surface area (TPSA) is 45.5 Å². The molecule has 3 aromatic carbocycles. The minimum Gasteiger partial charge on any atom is -0.336 e. The number of likely N-dealkylation sites (N-methyl/N-ethyl adjacent to an activating group) is 1. The van der Waals surface area contributed by atoms with Gasteiger partial charge in [-0.3, -0.25) is 9.59 Å². The van der Waals surface area contributed by atoms with E-state index < -0.39 is 0 Å². The van der Waals surface area contributed by atoms with Crippen molar-refractivity contribution in [2.45, 2.75) is 26.9 Å². The SMILES string of the molecule is CCN(CC)CCN(Cc1ccccc1)C(=O)Cn1c2ccccc2c(=O)c2ccccc21. The summed E-state index contributed by atoms with van der Waals surface area (Å²) in [4.78, 5) is 31.0. The lowest BCUT2D eigenvalue weighted by Crippen LogP contribution is -2.40. The van der Waals surface area contributed by atoms with Gasteiger partial charge in [-0.25, -0.2) is 0 Å². The largest absolute Gasteiger partial charge is 0.336 e. The number of aromatic nitrogens is 1. The molecule has 4 aromatic rings. The molecule has 1 heterocycles. The van der Waals surface area contributed by atoms with Crippen LogP contribution in [0.2, 0.25) is 0 Å². The number of pyridine rings is 1. The molecule has 1 amide bonds. The smallest absolute Gasteiger partial charge is 0.242 e. The molecule has 0 fully saturated rings. The second-order valence-corrected chi connectivity index (χ2v) is 8.28. The van der Waals surface area contributed by atoms with Gasteiger partial charge < -0.3 is 14.4 Å². The summed E-state index contributed by atoms with van der Waals surface area (Å²) in [6, 6.07) is 25.2. The molecular weight excluding hydrogens is 410 g/mol. The molecule has 170 valence electrons. The van der Waals surface area contributed by atoms with Gasteiger partial charge in [0, 0.05) is 30.4 Å². The summed E-state index contributed by atoms with van der Waals surface area (Å²) in [7, 11) is 0. The average molecular weight is 442 g/mol. The van der Waals surface area contributed by atoms with Crippen LogP contribution in [0.15, 0.2) is 83.7 Å². The fraction of sp³-hybridized carbons (Fsp3) is 0.286. The van der Waals surface area contributed by atoms with E-state index in [4.69, 9.17) is 0 Å². The Labute approximate surface area is 194 Å². The maximum Gasteiger partial charge on any atom is 0.242 e. The lowest BCUT2D eigenvalue weighted by Gasteiger charge is -2.27. The molecular formula is C28H31N3O2. The highest BCUT2D eigenvalue weighted by atomic mass is 16.2. The van der Waals surface area contributed by atoms with E-state index in [0.29, 0.717) is 23.9 Å². The molecule has 0 saturated heterocycles. The number of hydrogen-bond donors (Lipinski definition) is 0. The van der Waals surface area contributed by atoms with E-state index in [-0.39, 0.29) is 17.9 Å². The number of carbonyl (C=O) groups is 1. The van der Waals surface area contributed by atoms with Gasteiger partial charge in [-0.1, -0.05) is 68.4 Å². The maximum absolute atomic E-state index is 13.7. The van der Waals surface area contributed by atoms with Gasteiger partial charge in [0.1, 0.15) is 6.54 Å². The van der Waals surface area contributed by atoms with Crippen LogP contribution in [0.25, 0.3) is 21.8 Å². The van der Waals surface area contributed by atoms with Crippen molar-refractivity contribution in [3.05, 3.63) is 94.6 Å². The fourth-order valence-corrected chi connectivity index (χ4v) is 4.38. The van der Waals surface area contributed by atoms with E-state index in [1.807, 2.05) is 76.2 Å². The number of nitrogens with zero attached hydrogens (tertiary/aromatic N) is 3. The van der Waals surface area contributed by atoms with Crippen molar-refractivity contribution >= 4 is 27.7 Å². The van der Waals surface area contributed by atoms with Gasteiger partial charge in [0.2, 0.25) is 5.91 Å². The van der Waals surface area contributed by atoms with Gasteiger partial charge in [0.05, 0.1) is 11.0 Å². The number of carbonyl (C=O) groups excluding carboxylic acids is 1. The van der Waals surface area contributed by atoms with Crippen molar-refractivity contribution in [3.8, 4) is 0 Å². The quantitative estimate of drug-likeness (QED) is 0.359. The van der Waals surface area contributed by atoms with Crippen LogP contribution in [0.5, 0.6) is 0 Å². The molecule has 5 nitrogen and oxygen atoms in total. The van der Waals surface area contributed by atoms with Crippen molar-refractivity contribution in [1.29, 1.82) is 0 Å². The molecule has 5 heteroatoms. The zero-order chi connectivity index (χ0) is 23.2. The Bertz CT molecular complexity index is 1230. The van der Waals surface area contributed by atoms with E-state index in [1.54, 1.807) is 0 Å². The van der Waals surface area contributed by atoms with Crippen molar-refractivity contribution in [2.75, 3.05) is 26.2 Å². The third kappa shape index (κ3) is 4.99. The molecule has 33 heavy (non-hydrogen) atoms. The van der Waals surface area contributed by atoms with Crippen molar-refractivity contribution in [2.24, 2.45) is 0 Å². The van der Waals surface area contributed by atoms with Crippen LogP contribution in [0.4, 0.5) is 0 Å². The standard InChI is InChI=1S/C28H31N3O2/c1-3-29(4-2)18-19-30(20-22-12-6-5-7-13-22)27(32)21-31-25-16-10-8-14-23(25)28(33)24-15-9-11-17-26(24)31/h5-17H,3-4,18-21H2,1-2H3. The minimum absolute atomic E-state index is 0.00701. The summed E-state index contributed by atoms with van der Waals surface area (Å²) >= 11 is 0. The summed E-state index contributed by atoms with van der Waals surface area (Å²) in [5.41, 5.74) is 2.70. The van der Waals surface area contributed by atoms with Crippen LogP contribution in [-0.2, 0) is 17.9 Å². The number of benzene rings is 3. The predicted octanol–water partition coefficient (Wildman–Crippen LogP) is 4.53. The zero-order valence-corrected chi connectivity index (χ0v) is 19.4. The average Bonchev–Trinajstić information content (AvgIpc) is 2.87. The summed E-state index contributed by atoms with van der Waals surface area (Å²) < 4.78 is 1.99. The number of rotatable bonds is 9. The Kier molecular flexibility index (Phi) is 7.20. The van der Waals surface area contributed by atoms with Crippen molar-refractivity contribution in [1.82, 2.24) is 14.4 Å². The van der Waals surface area contributed by atoms with Gasteiger partial charge in [0.25, 0.3) is 0 Å². The van der Waals surface area contributed by atoms with E-state index in [1.165, 1.54) is 0 Å². The molecule has 1 aromatic heterocycles. The maximum atomic E-state index is 13.7. The summed E-state index contributed by atoms with van der Waals surface area (Å²) in [5, 5.41) is 1.28. The van der Waals surface area contributed by atoms with Gasteiger partial charge in [-0.05, 0) is 42.9 Å². The first-order valence-electron chi connectivity index (χ1n) is 11.7. The van der Waals surface area contributed by atoms with Gasteiger partial charge >= 0.3 is 0 Å². The monoisotopic (exact) mass is 441 g/mol. The van der Waals surface area contributed by atoms with Gasteiger partial charge in [-0.2, -0.15) is 0 Å². The van der Waals surface area contributed by atoms with Crippen molar-refractivity contribution in [3.63, 3.8) is 0 Å². The number of fused-ring (bicyclic) bond motifs is 2. The number of hydrogen-bond acceptors (Lipinski definition) is 3. The van der Waals surface area contributed by atoms with E-state index in [9.17, 15) is 9.59 Å². The van der Waals surface area contributed by atoms with Crippen molar-refractivity contribution < 1.29 is 4.79 Å². The Hall–Kier alpha value is -3.44. The van der Waals surface area contributed by atoms with E-state index >= 15 is 0 Å². The minimum atomic E-state index is 0.00701. The highest BCUT2D eigenvalue weighted by Gasteiger charge is 2.18. The van der Waals surface area contributed by atoms with Crippen LogP contribution >= 0.6 is 0 Å². The molecule has 0 aliphatic heterocycles. The highest BCUT2D eigenvalue weighted by Crippen LogP contribution is 2.20. The first kappa shape index (κ1) is 22.7. The molecule has 0 bridgehead atoms. The molecule has 4 rings (SSSR count). The first-order valence-corrected chi connectivity index (χ1v) is 11.7. The Balaban J connectivity index is 1.71. The summed E-state index contributed by atoms with van der Waals surface area (Å²) in [6.07, 6.45) is 0. The first-order chi connectivity index (χ1) is 16.1. The van der Waals surface area contributed by atoms with Gasteiger partial charge in [-0.15, -0.1) is 0 Å². The third-order valence-electron chi connectivity index (χ3n) is 6.32. The molecule has 0 aliphatic carbocycles. The Morgan fingerprint density at radius 3 is 1.88 bits per heavy atom. The second kappa shape index (κ2) is 10.5. The Morgan fingerprint density at radius 1 is 0.758 bits per heavy atom. The summed E-state index contributed by atoms with van der Waals surface area (Å²) in [6.45, 7) is 8.45. The van der Waals surface area contributed by atoms with E-state index in [2.05, 4.69) is 30.9 Å². The molecule has 0 N–H and O–H groups in total. The van der Waals surface area contributed by atoms with E-state index in [0.717, 1.165) is 36.2 Å². The van der Waals surface area contributed by atoms with Crippen LogP contribution < -0.4 is 5.43 Å². The second-order valence-electron chi connectivity index (χ2n) is 8.28. The number of amides is 1. The van der Waals surface area contributed by atoms with Crippen LogP contribution in [0.1, 0.15) is 19.4 Å². The molecule has 0 atom stereocenters. The van der Waals surface area contributed by atoms with Gasteiger partial charge in [0.15, 0.2) is 5.43 Å². The lowest BCUT2D eigenvalue weighted by atomic mass is 10.1. The fourth-order valence-electron chi connectivity index (χ4n) is 4.38. The third-order valence-corrected chi connectivity index (χ3v) is 6.32. The Morgan fingerprint density at radius 2 is 1.30 bits per heavy atom. The molecule has 0 unspecified atom stereocenters. The lowest BCUT2D eigenvalue weighted by molar-refractivity contribution is -0.132. The molecule has 0 aliphatic rings.